The second kappa shape index (κ2) is 6.22. The maximum Gasteiger partial charge on any atom is 0.272 e. The molecule has 0 saturated heterocycles. The van der Waals surface area contributed by atoms with E-state index in [9.17, 15) is 4.79 Å². The number of hydrogen-bond donors (Lipinski definition) is 1. The molecule has 1 aliphatic rings. The molecule has 0 unspecified atom stereocenters. The minimum Gasteiger partial charge on any atom is -0.347 e. The fourth-order valence-corrected chi connectivity index (χ4v) is 2.71. The largest absolute Gasteiger partial charge is 0.347 e. The van der Waals surface area contributed by atoms with Crippen molar-refractivity contribution in [1.82, 2.24) is 15.5 Å². The predicted molar refractivity (Wildman–Crippen MR) is 81.3 cm³/mol. The zero-order chi connectivity index (χ0) is 14.7. The molecule has 0 radical (unpaired) electrons. The molecule has 0 saturated carbocycles. The lowest BCUT2D eigenvalue weighted by atomic mass is 9.96. The van der Waals surface area contributed by atoms with E-state index in [-0.39, 0.29) is 5.91 Å². The first-order valence-corrected chi connectivity index (χ1v) is 7.49. The standard InChI is InChI=1S/C16H16ClN3O/c17-13-7-3-1-6-12(13)10-18-16(21)15-9-11-5-2-4-8-14(11)19-20-15/h1,3,6-7,9H,2,4-5,8,10H2,(H,18,21). The van der Waals surface area contributed by atoms with Crippen LogP contribution in [0.5, 0.6) is 0 Å². The van der Waals surface area contributed by atoms with Crippen molar-refractivity contribution in [3.05, 3.63) is 57.9 Å². The first-order chi connectivity index (χ1) is 10.2. The number of carbonyl (C=O) groups excluding carboxylic acids is 1. The molecule has 0 spiro atoms. The Morgan fingerprint density at radius 3 is 2.86 bits per heavy atom. The van der Waals surface area contributed by atoms with Crippen molar-refractivity contribution < 1.29 is 4.79 Å². The van der Waals surface area contributed by atoms with Gasteiger partial charge in [0.05, 0.1) is 5.69 Å². The van der Waals surface area contributed by atoms with E-state index >= 15 is 0 Å². The Bertz CT molecular complexity index is 672. The zero-order valence-electron chi connectivity index (χ0n) is 11.6. The molecule has 1 aromatic heterocycles. The van der Waals surface area contributed by atoms with Crippen molar-refractivity contribution in [2.45, 2.75) is 32.2 Å². The van der Waals surface area contributed by atoms with Crippen LogP contribution in [0.4, 0.5) is 0 Å². The van der Waals surface area contributed by atoms with E-state index in [0.717, 1.165) is 42.5 Å². The molecule has 0 atom stereocenters. The highest BCUT2D eigenvalue weighted by atomic mass is 35.5. The molecular formula is C16H16ClN3O. The van der Waals surface area contributed by atoms with Gasteiger partial charge in [0.1, 0.15) is 0 Å². The fraction of sp³-hybridized carbons (Fsp3) is 0.312. The molecule has 1 heterocycles. The summed E-state index contributed by atoms with van der Waals surface area (Å²) < 4.78 is 0. The fourth-order valence-electron chi connectivity index (χ4n) is 2.51. The average Bonchev–Trinajstić information content (AvgIpc) is 2.53. The van der Waals surface area contributed by atoms with Crippen LogP contribution in [0.25, 0.3) is 0 Å². The second-order valence-corrected chi connectivity index (χ2v) is 5.59. The Morgan fingerprint density at radius 2 is 2.00 bits per heavy atom. The van der Waals surface area contributed by atoms with Gasteiger partial charge < -0.3 is 5.32 Å². The van der Waals surface area contributed by atoms with Gasteiger partial charge in [-0.25, -0.2) is 0 Å². The first kappa shape index (κ1) is 14.0. The summed E-state index contributed by atoms with van der Waals surface area (Å²) in [5.74, 6) is -0.212. The number of aryl methyl sites for hydroxylation is 2. The summed E-state index contributed by atoms with van der Waals surface area (Å²) >= 11 is 6.07. The van der Waals surface area contributed by atoms with Gasteiger partial charge in [-0.3, -0.25) is 4.79 Å². The van der Waals surface area contributed by atoms with Gasteiger partial charge in [0.15, 0.2) is 5.69 Å². The smallest absolute Gasteiger partial charge is 0.272 e. The van der Waals surface area contributed by atoms with Crippen LogP contribution in [0.15, 0.2) is 30.3 Å². The van der Waals surface area contributed by atoms with Gasteiger partial charge in [0, 0.05) is 11.6 Å². The third-order valence-electron chi connectivity index (χ3n) is 3.70. The lowest BCUT2D eigenvalue weighted by molar-refractivity contribution is 0.0944. The van der Waals surface area contributed by atoms with E-state index in [4.69, 9.17) is 11.6 Å². The summed E-state index contributed by atoms with van der Waals surface area (Å²) in [5, 5.41) is 11.7. The number of benzene rings is 1. The third-order valence-corrected chi connectivity index (χ3v) is 4.07. The summed E-state index contributed by atoms with van der Waals surface area (Å²) in [4.78, 5) is 12.2. The highest BCUT2D eigenvalue weighted by molar-refractivity contribution is 6.31. The summed E-state index contributed by atoms with van der Waals surface area (Å²) in [6.07, 6.45) is 4.25. The molecule has 1 aromatic carbocycles. The Balaban J connectivity index is 1.69. The highest BCUT2D eigenvalue weighted by Crippen LogP contribution is 2.19. The molecule has 108 valence electrons. The maximum atomic E-state index is 12.2. The van der Waals surface area contributed by atoms with Crippen LogP contribution in [0.2, 0.25) is 5.02 Å². The van der Waals surface area contributed by atoms with Crippen LogP contribution in [-0.4, -0.2) is 16.1 Å². The van der Waals surface area contributed by atoms with E-state index < -0.39 is 0 Å². The van der Waals surface area contributed by atoms with Gasteiger partial charge in [0.2, 0.25) is 0 Å². The molecule has 2 aromatic rings. The van der Waals surface area contributed by atoms with Crippen LogP contribution >= 0.6 is 11.6 Å². The number of carbonyl (C=O) groups is 1. The van der Waals surface area contributed by atoms with Crippen molar-refractivity contribution in [3.63, 3.8) is 0 Å². The monoisotopic (exact) mass is 301 g/mol. The van der Waals surface area contributed by atoms with Crippen molar-refractivity contribution in [2.75, 3.05) is 0 Å². The number of hydrogen-bond acceptors (Lipinski definition) is 3. The number of nitrogens with one attached hydrogen (secondary N) is 1. The highest BCUT2D eigenvalue weighted by Gasteiger charge is 2.15. The van der Waals surface area contributed by atoms with Gasteiger partial charge >= 0.3 is 0 Å². The van der Waals surface area contributed by atoms with Crippen LogP contribution in [-0.2, 0) is 19.4 Å². The predicted octanol–water partition coefficient (Wildman–Crippen LogP) is 2.94. The molecule has 1 aliphatic carbocycles. The summed E-state index contributed by atoms with van der Waals surface area (Å²) in [6, 6.07) is 9.32. The Kier molecular flexibility index (Phi) is 4.15. The van der Waals surface area contributed by atoms with E-state index in [1.807, 2.05) is 30.3 Å². The molecule has 21 heavy (non-hydrogen) atoms. The van der Waals surface area contributed by atoms with Gasteiger partial charge in [0.25, 0.3) is 5.91 Å². The van der Waals surface area contributed by atoms with Gasteiger partial charge in [-0.1, -0.05) is 29.8 Å². The minimum absolute atomic E-state index is 0.212. The van der Waals surface area contributed by atoms with Crippen LogP contribution in [0.3, 0.4) is 0 Å². The second-order valence-electron chi connectivity index (χ2n) is 5.18. The van der Waals surface area contributed by atoms with Gasteiger partial charge in [-0.2, -0.15) is 5.10 Å². The number of nitrogens with zero attached hydrogens (tertiary/aromatic N) is 2. The van der Waals surface area contributed by atoms with E-state index in [2.05, 4.69) is 15.5 Å². The summed E-state index contributed by atoms with van der Waals surface area (Å²) in [7, 11) is 0. The Labute approximate surface area is 128 Å². The number of fused-ring (bicyclic) bond motifs is 1. The van der Waals surface area contributed by atoms with E-state index in [1.165, 1.54) is 0 Å². The molecule has 0 bridgehead atoms. The summed E-state index contributed by atoms with van der Waals surface area (Å²) in [5.41, 5.74) is 3.45. The summed E-state index contributed by atoms with van der Waals surface area (Å²) in [6.45, 7) is 0.386. The molecule has 1 amide bonds. The Hall–Kier alpha value is -1.94. The van der Waals surface area contributed by atoms with Crippen LogP contribution in [0, 0.1) is 0 Å². The number of rotatable bonds is 3. The van der Waals surface area contributed by atoms with Crippen molar-refractivity contribution >= 4 is 17.5 Å². The van der Waals surface area contributed by atoms with E-state index in [0.29, 0.717) is 17.3 Å². The molecule has 1 N–H and O–H groups in total. The van der Waals surface area contributed by atoms with Gasteiger partial charge in [-0.05, 0) is 48.9 Å². The van der Waals surface area contributed by atoms with Crippen molar-refractivity contribution in [2.24, 2.45) is 0 Å². The SMILES string of the molecule is O=C(NCc1ccccc1Cl)c1cc2c(nn1)CCCC2. The number of halogens is 1. The quantitative estimate of drug-likeness (QED) is 0.948. The molecular weight excluding hydrogens is 286 g/mol. The Morgan fingerprint density at radius 1 is 1.19 bits per heavy atom. The maximum absolute atomic E-state index is 12.2. The molecule has 4 nitrogen and oxygen atoms in total. The normalized spacial score (nSPS) is 13.6. The first-order valence-electron chi connectivity index (χ1n) is 7.11. The molecule has 3 rings (SSSR count). The lowest BCUT2D eigenvalue weighted by Gasteiger charge is -2.14. The van der Waals surface area contributed by atoms with E-state index in [1.54, 1.807) is 0 Å². The lowest BCUT2D eigenvalue weighted by Crippen LogP contribution is -2.25. The topological polar surface area (TPSA) is 54.9 Å². The van der Waals surface area contributed by atoms with Crippen LogP contribution in [0.1, 0.15) is 40.2 Å². The van der Waals surface area contributed by atoms with Crippen LogP contribution < -0.4 is 5.32 Å². The third kappa shape index (κ3) is 3.22. The van der Waals surface area contributed by atoms with Gasteiger partial charge in [-0.15, -0.1) is 5.10 Å². The minimum atomic E-state index is -0.212. The number of amides is 1. The number of aromatic nitrogens is 2. The molecule has 0 aliphatic heterocycles. The average molecular weight is 302 g/mol. The van der Waals surface area contributed by atoms with Crippen molar-refractivity contribution in [3.8, 4) is 0 Å². The molecule has 5 heteroatoms. The van der Waals surface area contributed by atoms with Crippen molar-refractivity contribution in [1.29, 1.82) is 0 Å². The molecule has 0 fully saturated rings. The zero-order valence-corrected chi connectivity index (χ0v) is 12.4.